The summed E-state index contributed by atoms with van der Waals surface area (Å²) in [5.41, 5.74) is 1.42. The van der Waals surface area contributed by atoms with Gasteiger partial charge in [-0.25, -0.2) is 4.79 Å². The second kappa shape index (κ2) is 4.95. The average molecular weight is 262 g/mol. The summed E-state index contributed by atoms with van der Waals surface area (Å²) in [4.78, 5) is 23.8. The van der Waals surface area contributed by atoms with Gasteiger partial charge in [-0.2, -0.15) is 0 Å². The summed E-state index contributed by atoms with van der Waals surface area (Å²) < 4.78 is 15.2. The first kappa shape index (κ1) is 13.5. The lowest BCUT2D eigenvalue weighted by atomic mass is 9.87. The maximum atomic E-state index is 12.0. The van der Waals surface area contributed by atoms with Crippen LogP contribution in [0.4, 0.5) is 0 Å². The van der Waals surface area contributed by atoms with Gasteiger partial charge in [-0.05, 0) is 23.8 Å². The zero-order valence-electron chi connectivity index (χ0n) is 10.9. The van der Waals surface area contributed by atoms with Crippen molar-refractivity contribution >= 4 is 17.8 Å². The van der Waals surface area contributed by atoms with Gasteiger partial charge in [0.05, 0.1) is 12.7 Å². The van der Waals surface area contributed by atoms with Crippen LogP contribution in [-0.4, -0.2) is 33.1 Å². The van der Waals surface area contributed by atoms with E-state index >= 15 is 0 Å². The van der Waals surface area contributed by atoms with E-state index in [1.54, 1.807) is 24.3 Å². The van der Waals surface area contributed by atoms with Crippen LogP contribution in [0, 0.1) is 0 Å². The summed E-state index contributed by atoms with van der Waals surface area (Å²) in [6.07, 6.45) is 2.90. The van der Waals surface area contributed by atoms with Crippen molar-refractivity contribution in [3.05, 3.63) is 41.0 Å². The highest BCUT2D eigenvalue weighted by Crippen LogP contribution is 2.36. The molecule has 19 heavy (non-hydrogen) atoms. The zero-order chi connectivity index (χ0) is 14.0. The van der Waals surface area contributed by atoms with Gasteiger partial charge in [0.15, 0.2) is 0 Å². The molecule has 0 saturated heterocycles. The number of ether oxygens (including phenoxy) is 3. The highest BCUT2D eigenvalue weighted by Gasteiger charge is 2.43. The van der Waals surface area contributed by atoms with Gasteiger partial charge >= 0.3 is 5.97 Å². The average Bonchev–Trinajstić information content (AvgIpc) is 2.46. The highest BCUT2D eigenvalue weighted by molar-refractivity contribution is 6.06. The standard InChI is InChI=1S/C14H14O5/c1-17-13(16)10-5-4-6-11-9(10)7-8-12(15)14(11,18-2)19-3/h4-8H,1-3H3. The van der Waals surface area contributed by atoms with Crippen LogP contribution in [0.5, 0.6) is 0 Å². The van der Waals surface area contributed by atoms with Crippen LogP contribution in [0.2, 0.25) is 0 Å². The molecule has 0 bridgehead atoms. The second-order valence-corrected chi connectivity index (χ2v) is 3.98. The van der Waals surface area contributed by atoms with Crippen LogP contribution < -0.4 is 0 Å². The molecule has 5 nitrogen and oxygen atoms in total. The minimum Gasteiger partial charge on any atom is -0.465 e. The van der Waals surface area contributed by atoms with Gasteiger partial charge in [0, 0.05) is 19.8 Å². The third-order valence-corrected chi connectivity index (χ3v) is 3.17. The zero-order valence-corrected chi connectivity index (χ0v) is 10.9. The predicted octanol–water partition coefficient (Wildman–Crippen LogP) is 1.51. The summed E-state index contributed by atoms with van der Waals surface area (Å²) in [6.45, 7) is 0. The van der Waals surface area contributed by atoms with Crippen molar-refractivity contribution < 1.29 is 23.8 Å². The van der Waals surface area contributed by atoms with Gasteiger partial charge in [-0.15, -0.1) is 0 Å². The number of esters is 1. The lowest BCUT2D eigenvalue weighted by molar-refractivity contribution is -0.209. The van der Waals surface area contributed by atoms with Gasteiger partial charge in [0.1, 0.15) is 0 Å². The number of rotatable bonds is 3. The van der Waals surface area contributed by atoms with Crippen molar-refractivity contribution in [1.82, 2.24) is 0 Å². The molecule has 1 aromatic rings. The van der Waals surface area contributed by atoms with Crippen LogP contribution in [0.15, 0.2) is 24.3 Å². The van der Waals surface area contributed by atoms with Crippen molar-refractivity contribution in [1.29, 1.82) is 0 Å². The molecule has 1 aliphatic rings. The highest BCUT2D eigenvalue weighted by atomic mass is 16.7. The van der Waals surface area contributed by atoms with E-state index in [-0.39, 0.29) is 5.78 Å². The summed E-state index contributed by atoms with van der Waals surface area (Å²) in [5.74, 6) is -2.31. The van der Waals surface area contributed by atoms with Gasteiger partial charge in [-0.3, -0.25) is 4.79 Å². The topological polar surface area (TPSA) is 61.8 Å². The van der Waals surface area contributed by atoms with Gasteiger partial charge in [0.2, 0.25) is 5.78 Å². The Labute approximate surface area is 110 Å². The first-order valence-electron chi connectivity index (χ1n) is 5.65. The lowest BCUT2D eigenvalue weighted by Crippen LogP contribution is -2.41. The molecule has 0 heterocycles. The minimum atomic E-state index is -1.51. The smallest absolute Gasteiger partial charge is 0.338 e. The molecule has 0 fully saturated rings. The van der Waals surface area contributed by atoms with E-state index in [1.165, 1.54) is 27.4 Å². The maximum absolute atomic E-state index is 12.0. The molecule has 0 amide bonds. The number of carbonyl (C=O) groups is 2. The molecule has 0 spiro atoms. The SMILES string of the molecule is COC(=O)c1cccc2c1C=CC(=O)C2(OC)OC. The summed E-state index contributed by atoms with van der Waals surface area (Å²) in [7, 11) is 4.07. The van der Waals surface area contributed by atoms with Crippen LogP contribution in [-0.2, 0) is 24.8 Å². The first-order chi connectivity index (χ1) is 9.10. The fourth-order valence-electron chi connectivity index (χ4n) is 2.23. The van der Waals surface area contributed by atoms with Gasteiger partial charge < -0.3 is 14.2 Å². The van der Waals surface area contributed by atoms with E-state index in [4.69, 9.17) is 14.2 Å². The Morgan fingerprint density at radius 2 is 1.79 bits per heavy atom. The number of ketones is 1. The molecule has 0 atom stereocenters. The Morgan fingerprint density at radius 3 is 2.37 bits per heavy atom. The largest absolute Gasteiger partial charge is 0.465 e. The molecule has 0 saturated carbocycles. The van der Waals surface area contributed by atoms with E-state index in [1.807, 2.05) is 0 Å². The van der Waals surface area contributed by atoms with Crippen molar-refractivity contribution in [2.75, 3.05) is 21.3 Å². The van der Waals surface area contributed by atoms with Crippen LogP contribution in [0.25, 0.3) is 6.08 Å². The normalized spacial score (nSPS) is 16.1. The Kier molecular flexibility index (Phi) is 3.50. The quantitative estimate of drug-likeness (QED) is 0.610. The molecule has 0 N–H and O–H groups in total. The Balaban J connectivity index is 2.70. The van der Waals surface area contributed by atoms with Crippen molar-refractivity contribution in [3.63, 3.8) is 0 Å². The number of hydrogen-bond acceptors (Lipinski definition) is 5. The fourth-order valence-corrected chi connectivity index (χ4v) is 2.23. The monoisotopic (exact) mass is 262 g/mol. The van der Waals surface area contributed by atoms with Crippen LogP contribution in [0.1, 0.15) is 21.5 Å². The van der Waals surface area contributed by atoms with Crippen molar-refractivity contribution in [2.24, 2.45) is 0 Å². The molecule has 0 unspecified atom stereocenters. The third kappa shape index (κ3) is 1.87. The second-order valence-electron chi connectivity index (χ2n) is 3.98. The Morgan fingerprint density at radius 1 is 1.11 bits per heavy atom. The van der Waals surface area contributed by atoms with Crippen LogP contribution in [0.3, 0.4) is 0 Å². The maximum Gasteiger partial charge on any atom is 0.338 e. The number of fused-ring (bicyclic) bond motifs is 1. The van der Waals surface area contributed by atoms with Crippen LogP contribution >= 0.6 is 0 Å². The predicted molar refractivity (Wildman–Crippen MR) is 67.5 cm³/mol. The number of carbonyl (C=O) groups excluding carboxylic acids is 2. The van der Waals surface area contributed by atoms with Crippen molar-refractivity contribution in [3.8, 4) is 0 Å². The van der Waals surface area contributed by atoms with E-state index in [9.17, 15) is 9.59 Å². The Hall–Kier alpha value is -1.98. The Bertz CT molecular complexity index is 555. The van der Waals surface area contributed by atoms with Gasteiger partial charge in [-0.1, -0.05) is 12.1 Å². The van der Waals surface area contributed by atoms with Gasteiger partial charge in [0.25, 0.3) is 5.79 Å². The molecule has 0 aromatic heterocycles. The molecule has 5 heteroatoms. The molecular weight excluding hydrogens is 248 g/mol. The summed E-state index contributed by atoms with van der Waals surface area (Å²) >= 11 is 0. The summed E-state index contributed by atoms with van der Waals surface area (Å²) in [5, 5.41) is 0. The molecular formula is C14H14O5. The molecule has 1 aromatic carbocycles. The van der Waals surface area contributed by atoms with E-state index in [0.717, 1.165) is 0 Å². The molecule has 0 radical (unpaired) electrons. The summed E-state index contributed by atoms with van der Waals surface area (Å²) in [6, 6.07) is 4.97. The third-order valence-electron chi connectivity index (χ3n) is 3.17. The van der Waals surface area contributed by atoms with Crippen molar-refractivity contribution in [2.45, 2.75) is 5.79 Å². The molecule has 2 rings (SSSR count). The molecule has 100 valence electrons. The number of benzene rings is 1. The van der Waals surface area contributed by atoms with E-state index in [2.05, 4.69) is 0 Å². The number of methoxy groups -OCH3 is 3. The minimum absolute atomic E-state index is 0.327. The lowest BCUT2D eigenvalue weighted by Gasteiger charge is -2.32. The van der Waals surface area contributed by atoms with E-state index in [0.29, 0.717) is 16.7 Å². The van der Waals surface area contributed by atoms with E-state index < -0.39 is 11.8 Å². The number of hydrogen-bond donors (Lipinski definition) is 0. The molecule has 0 aliphatic heterocycles. The first-order valence-corrected chi connectivity index (χ1v) is 5.65. The molecule has 1 aliphatic carbocycles. The fraction of sp³-hybridized carbons (Fsp3) is 0.286.